The summed E-state index contributed by atoms with van der Waals surface area (Å²) in [4.78, 5) is 19.2. The van der Waals surface area contributed by atoms with Crippen molar-refractivity contribution in [2.24, 2.45) is 10.9 Å². The molecule has 1 aliphatic heterocycles. The first-order valence-corrected chi connectivity index (χ1v) is 10.2. The molecule has 2 N–H and O–H groups in total. The normalized spacial score (nSPS) is 20.9. The van der Waals surface area contributed by atoms with Crippen LogP contribution in [-0.4, -0.2) is 42.4 Å². The smallest absolute Gasteiger partial charge is 0.225 e. The van der Waals surface area contributed by atoms with E-state index in [0.29, 0.717) is 18.4 Å². The van der Waals surface area contributed by atoms with Crippen molar-refractivity contribution in [2.75, 3.05) is 19.6 Å². The Bertz CT molecular complexity index is 691. The first kappa shape index (κ1) is 19.9. The maximum atomic E-state index is 13.3. The number of rotatable bonds is 5. The fourth-order valence-electron chi connectivity index (χ4n) is 3.83. The molecule has 1 atom stereocenters. The van der Waals surface area contributed by atoms with Gasteiger partial charge in [-0.25, -0.2) is 9.38 Å². The van der Waals surface area contributed by atoms with Gasteiger partial charge in [0.1, 0.15) is 5.82 Å². The number of hydrogen-bond donors (Lipinski definition) is 2. The van der Waals surface area contributed by atoms with Crippen LogP contribution in [0.2, 0.25) is 5.02 Å². The summed E-state index contributed by atoms with van der Waals surface area (Å²) in [7, 11) is 0. The molecule has 0 bridgehead atoms. The van der Waals surface area contributed by atoms with Crippen molar-refractivity contribution >= 4 is 23.5 Å². The number of carbonyl (C=O) groups is 1. The van der Waals surface area contributed by atoms with Gasteiger partial charge in [-0.2, -0.15) is 0 Å². The second kappa shape index (κ2) is 9.40. The van der Waals surface area contributed by atoms with Crippen molar-refractivity contribution in [2.45, 2.75) is 51.6 Å². The van der Waals surface area contributed by atoms with Gasteiger partial charge in [0.15, 0.2) is 5.96 Å². The van der Waals surface area contributed by atoms with E-state index in [-0.39, 0.29) is 17.0 Å². The maximum Gasteiger partial charge on any atom is 0.225 e. The highest BCUT2D eigenvalue weighted by atomic mass is 35.5. The minimum absolute atomic E-state index is 0.109. The maximum absolute atomic E-state index is 13.3. The molecule has 5 nitrogen and oxygen atoms in total. The van der Waals surface area contributed by atoms with E-state index < -0.39 is 5.82 Å². The van der Waals surface area contributed by atoms with Gasteiger partial charge in [-0.15, -0.1) is 0 Å². The van der Waals surface area contributed by atoms with E-state index in [9.17, 15) is 9.18 Å². The molecule has 1 saturated heterocycles. The Morgan fingerprint density at radius 3 is 2.81 bits per heavy atom. The highest BCUT2D eigenvalue weighted by Crippen LogP contribution is 2.27. The van der Waals surface area contributed by atoms with Crippen molar-refractivity contribution in [1.29, 1.82) is 0 Å². The van der Waals surface area contributed by atoms with Gasteiger partial charge in [-0.05, 0) is 43.9 Å². The molecular formula is C20H28ClFN4O. The Morgan fingerprint density at radius 2 is 2.11 bits per heavy atom. The van der Waals surface area contributed by atoms with Crippen molar-refractivity contribution in [3.63, 3.8) is 0 Å². The lowest BCUT2D eigenvalue weighted by atomic mass is 10.1. The van der Waals surface area contributed by atoms with Crippen molar-refractivity contribution in [3.8, 4) is 0 Å². The third kappa shape index (κ3) is 5.34. The van der Waals surface area contributed by atoms with E-state index >= 15 is 0 Å². The molecule has 148 valence electrons. The molecule has 7 heteroatoms. The van der Waals surface area contributed by atoms with Gasteiger partial charge in [0, 0.05) is 31.6 Å². The second-order valence-electron chi connectivity index (χ2n) is 7.34. The number of benzene rings is 1. The molecule has 1 unspecified atom stereocenters. The van der Waals surface area contributed by atoms with Crippen LogP contribution in [0.3, 0.4) is 0 Å². The van der Waals surface area contributed by atoms with Gasteiger partial charge in [0.25, 0.3) is 0 Å². The Kier molecular flexibility index (Phi) is 6.94. The first-order chi connectivity index (χ1) is 13.1. The predicted molar refractivity (Wildman–Crippen MR) is 106 cm³/mol. The van der Waals surface area contributed by atoms with Gasteiger partial charge in [0.2, 0.25) is 5.91 Å². The zero-order valence-corrected chi connectivity index (χ0v) is 16.6. The Labute approximate surface area is 165 Å². The molecule has 1 heterocycles. The number of nitrogens with zero attached hydrogens (tertiary/aromatic N) is 2. The lowest BCUT2D eigenvalue weighted by Crippen LogP contribution is -2.45. The number of amides is 1. The molecule has 1 aromatic rings. The van der Waals surface area contributed by atoms with Crippen LogP contribution in [0.5, 0.6) is 0 Å². The van der Waals surface area contributed by atoms with Crippen molar-refractivity contribution in [3.05, 3.63) is 34.6 Å². The molecule has 0 aromatic heterocycles. The summed E-state index contributed by atoms with van der Waals surface area (Å²) in [5.41, 5.74) is 0.850. The Morgan fingerprint density at radius 1 is 1.33 bits per heavy atom. The van der Waals surface area contributed by atoms with Gasteiger partial charge < -0.3 is 15.5 Å². The number of halogens is 2. The van der Waals surface area contributed by atoms with E-state index in [4.69, 9.17) is 11.6 Å². The molecule has 1 amide bonds. The fraction of sp³-hybridized carbons (Fsp3) is 0.600. The minimum Gasteiger partial charge on any atom is -0.357 e. The van der Waals surface area contributed by atoms with E-state index in [1.165, 1.54) is 18.9 Å². The van der Waals surface area contributed by atoms with Gasteiger partial charge in [0.05, 0.1) is 11.6 Å². The first-order valence-electron chi connectivity index (χ1n) is 9.84. The van der Waals surface area contributed by atoms with Crippen molar-refractivity contribution in [1.82, 2.24) is 15.5 Å². The number of hydrogen-bond acceptors (Lipinski definition) is 2. The van der Waals surface area contributed by atoms with Crippen LogP contribution >= 0.6 is 11.6 Å². The fourth-order valence-corrected chi connectivity index (χ4v) is 4.03. The third-order valence-corrected chi connectivity index (χ3v) is 5.58. The van der Waals surface area contributed by atoms with Gasteiger partial charge >= 0.3 is 0 Å². The number of aliphatic imine (C=N–C) groups is 1. The van der Waals surface area contributed by atoms with Crippen LogP contribution in [0.15, 0.2) is 23.2 Å². The molecule has 1 saturated carbocycles. The number of likely N-dealkylation sites (tertiary alicyclic amines) is 1. The van der Waals surface area contributed by atoms with Crippen LogP contribution in [0, 0.1) is 11.7 Å². The zero-order valence-electron chi connectivity index (χ0n) is 15.8. The molecular weight excluding hydrogens is 367 g/mol. The molecule has 27 heavy (non-hydrogen) atoms. The standard InChI is InChI=1S/C20H28ClFN4O/c1-2-23-20(24-12-14-7-8-18(22)17(21)11-14)25-16-9-10-26(13-16)19(27)15-5-3-4-6-15/h7-8,11,15-16H,2-6,9-10,12-13H2,1H3,(H2,23,24,25). The Balaban J connectivity index is 1.55. The summed E-state index contributed by atoms with van der Waals surface area (Å²) >= 11 is 5.84. The minimum atomic E-state index is -0.424. The summed E-state index contributed by atoms with van der Waals surface area (Å²) in [5.74, 6) is 0.832. The summed E-state index contributed by atoms with van der Waals surface area (Å²) in [6.07, 6.45) is 5.36. The van der Waals surface area contributed by atoms with Crippen LogP contribution in [0.1, 0.15) is 44.6 Å². The lowest BCUT2D eigenvalue weighted by Gasteiger charge is -2.21. The van der Waals surface area contributed by atoms with Crippen LogP contribution in [0.25, 0.3) is 0 Å². The molecule has 1 aliphatic carbocycles. The lowest BCUT2D eigenvalue weighted by molar-refractivity contribution is -0.134. The summed E-state index contributed by atoms with van der Waals surface area (Å²) in [6, 6.07) is 4.84. The van der Waals surface area contributed by atoms with Crippen LogP contribution in [0.4, 0.5) is 4.39 Å². The average Bonchev–Trinajstić information content (AvgIpc) is 3.34. The summed E-state index contributed by atoms with van der Waals surface area (Å²) in [5, 5.41) is 6.77. The van der Waals surface area contributed by atoms with E-state index in [1.807, 2.05) is 11.8 Å². The molecule has 3 rings (SSSR count). The molecule has 0 radical (unpaired) electrons. The highest BCUT2D eigenvalue weighted by Gasteiger charge is 2.32. The zero-order chi connectivity index (χ0) is 19.2. The van der Waals surface area contributed by atoms with E-state index in [2.05, 4.69) is 15.6 Å². The largest absolute Gasteiger partial charge is 0.357 e. The van der Waals surface area contributed by atoms with Gasteiger partial charge in [-0.3, -0.25) is 4.79 Å². The van der Waals surface area contributed by atoms with E-state index in [0.717, 1.165) is 44.5 Å². The topological polar surface area (TPSA) is 56.7 Å². The van der Waals surface area contributed by atoms with Crippen LogP contribution < -0.4 is 10.6 Å². The summed E-state index contributed by atoms with van der Waals surface area (Å²) in [6.45, 7) is 4.69. The molecule has 1 aromatic carbocycles. The predicted octanol–water partition coefficient (Wildman–Crippen LogP) is 3.33. The SMILES string of the molecule is CCNC(=NCc1ccc(F)c(Cl)c1)NC1CCN(C(=O)C2CCCC2)C1. The molecule has 2 fully saturated rings. The third-order valence-electron chi connectivity index (χ3n) is 5.29. The highest BCUT2D eigenvalue weighted by molar-refractivity contribution is 6.30. The van der Waals surface area contributed by atoms with Gasteiger partial charge in [-0.1, -0.05) is 30.5 Å². The molecule has 2 aliphatic rings. The molecule has 0 spiro atoms. The number of carbonyl (C=O) groups excluding carboxylic acids is 1. The Hall–Kier alpha value is -1.82. The average molecular weight is 395 g/mol. The second-order valence-corrected chi connectivity index (χ2v) is 7.75. The number of guanidine groups is 1. The van der Waals surface area contributed by atoms with Crippen molar-refractivity contribution < 1.29 is 9.18 Å². The van der Waals surface area contributed by atoms with E-state index in [1.54, 1.807) is 12.1 Å². The summed E-state index contributed by atoms with van der Waals surface area (Å²) < 4.78 is 13.3. The number of nitrogens with one attached hydrogen (secondary N) is 2. The monoisotopic (exact) mass is 394 g/mol. The quantitative estimate of drug-likeness (QED) is 0.595. The van der Waals surface area contributed by atoms with Crippen LogP contribution in [-0.2, 0) is 11.3 Å².